The zero-order valence-corrected chi connectivity index (χ0v) is 17.1. The lowest BCUT2D eigenvalue weighted by Gasteiger charge is -2.09. The maximum atomic E-state index is 12.9. The van der Waals surface area contributed by atoms with Crippen molar-refractivity contribution in [3.63, 3.8) is 0 Å². The highest BCUT2D eigenvalue weighted by molar-refractivity contribution is 6.01. The molecule has 8 heteroatoms. The lowest BCUT2D eigenvalue weighted by Crippen LogP contribution is -2.28. The molecule has 0 saturated heterocycles. The smallest absolute Gasteiger partial charge is 0.297 e. The Morgan fingerprint density at radius 2 is 1.88 bits per heavy atom. The fourth-order valence-corrected chi connectivity index (χ4v) is 3.90. The predicted octanol–water partition coefficient (Wildman–Crippen LogP) is 3.84. The van der Waals surface area contributed by atoms with Crippen LogP contribution < -0.4 is 10.9 Å². The number of fused-ring (bicyclic) bond motifs is 3. The van der Waals surface area contributed by atoms with Crippen LogP contribution in [-0.2, 0) is 11.3 Å². The number of benzene rings is 2. The van der Waals surface area contributed by atoms with Crippen LogP contribution in [-0.4, -0.2) is 25.2 Å². The molecule has 32 heavy (non-hydrogen) atoms. The van der Waals surface area contributed by atoms with Crippen molar-refractivity contribution in [1.82, 2.24) is 19.3 Å². The summed E-state index contributed by atoms with van der Waals surface area (Å²) >= 11 is 0. The van der Waals surface area contributed by atoms with Gasteiger partial charge in [-0.2, -0.15) is 5.10 Å². The molecule has 3 aromatic heterocycles. The molecule has 0 radical (unpaired) electrons. The molecule has 1 N–H and O–H groups in total. The second-order valence-corrected chi connectivity index (χ2v) is 7.98. The van der Waals surface area contributed by atoms with Crippen LogP contribution in [0.15, 0.2) is 76.2 Å². The maximum Gasteiger partial charge on any atom is 0.297 e. The highest BCUT2D eigenvalue weighted by Crippen LogP contribution is 2.40. The minimum Gasteiger partial charge on any atom is -0.448 e. The quantitative estimate of drug-likeness (QED) is 0.462. The number of nitrogens with zero attached hydrogens (tertiary/aromatic N) is 4. The normalized spacial score (nSPS) is 13.6. The van der Waals surface area contributed by atoms with Crippen molar-refractivity contribution in [2.24, 2.45) is 0 Å². The summed E-state index contributed by atoms with van der Waals surface area (Å²) in [5.74, 6) is 0.677. The van der Waals surface area contributed by atoms with E-state index in [2.05, 4.69) is 10.3 Å². The van der Waals surface area contributed by atoms with Gasteiger partial charge in [0.2, 0.25) is 11.5 Å². The minimum absolute atomic E-state index is 0.145. The summed E-state index contributed by atoms with van der Waals surface area (Å²) in [5, 5.41) is 8.37. The first-order chi connectivity index (χ1) is 15.7. The molecule has 158 valence electrons. The Morgan fingerprint density at radius 1 is 1.09 bits per heavy atom. The molecule has 0 atom stereocenters. The summed E-state index contributed by atoms with van der Waals surface area (Å²) < 4.78 is 8.68. The fourth-order valence-electron chi connectivity index (χ4n) is 3.90. The molecule has 6 rings (SSSR count). The molecule has 3 heterocycles. The van der Waals surface area contributed by atoms with Crippen LogP contribution in [0.3, 0.4) is 0 Å². The first-order valence-electron chi connectivity index (χ1n) is 10.5. The Morgan fingerprint density at radius 3 is 2.69 bits per heavy atom. The van der Waals surface area contributed by atoms with Crippen molar-refractivity contribution in [2.45, 2.75) is 25.3 Å². The summed E-state index contributed by atoms with van der Waals surface area (Å²) in [7, 11) is 0. The number of hydrogen-bond acceptors (Lipinski definition) is 5. The van der Waals surface area contributed by atoms with E-state index in [4.69, 9.17) is 9.52 Å². The third-order valence-electron chi connectivity index (χ3n) is 5.66. The van der Waals surface area contributed by atoms with E-state index in [1.165, 1.54) is 10.9 Å². The van der Waals surface area contributed by atoms with E-state index in [9.17, 15) is 9.59 Å². The molecule has 1 aliphatic carbocycles. The molecule has 1 fully saturated rings. The van der Waals surface area contributed by atoms with E-state index in [0.717, 1.165) is 29.6 Å². The Hall–Kier alpha value is -4.20. The number of rotatable bonds is 5. The van der Waals surface area contributed by atoms with Crippen molar-refractivity contribution >= 4 is 33.8 Å². The summed E-state index contributed by atoms with van der Waals surface area (Å²) in [6, 6.07) is 18.9. The van der Waals surface area contributed by atoms with E-state index in [1.807, 2.05) is 54.6 Å². The van der Waals surface area contributed by atoms with Gasteiger partial charge in [-0.1, -0.05) is 30.3 Å². The maximum absolute atomic E-state index is 12.9. The fraction of sp³-hybridized carbons (Fsp3) is 0.167. The van der Waals surface area contributed by atoms with E-state index in [1.54, 1.807) is 10.7 Å². The van der Waals surface area contributed by atoms with Crippen LogP contribution in [0.2, 0.25) is 0 Å². The number of aromatic nitrogens is 4. The van der Waals surface area contributed by atoms with Gasteiger partial charge < -0.3 is 9.73 Å². The van der Waals surface area contributed by atoms with Crippen molar-refractivity contribution in [3.05, 3.63) is 83.0 Å². The topological polar surface area (TPSA) is 94.9 Å². The molecule has 5 aromatic rings. The van der Waals surface area contributed by atoms with Crippen LogP contribution in [0, 0.1) is 0 Å². The van der Waals surface area contributed by atoms with Crippen molar-refractivity contribution in [2.75, 3.05) is 5.32 Å². The third kappa shape index (κ3) is 3.17. The molecule has 0 aliphatic heterocycles. The number of hydrogen-bond donors (Lipinski definition) is 1. The number of anilines is 1. The van der Waals surface area contributed by atoms with Crippen molar-refractivity contribution in [1.29, 1.82) is 0 Å². The second kappa shape index (κ2) is 7.19. The number of para-hydroxylation sites is 2. The lowest BCUT2D eigenvalue weighted by molar-refractivity contribution is -0.116. The van der Waals surface area contributed by atoms with Gasteiger partial charge in [0.25, 0.3) is 5.56 Å². The van der Waals surface area contributed by atoms with Gasteiger partial charge in [-0.25, -0.2) is 9.67 Å². The van der Waals surface area contributed by atoms with Crippen LogP contribution >= 0.6 is 0 Å². The summed E-state index contributed by atoms with van der Waals surface area (Å²) in [6.07, 6.45) is 3.60. The lowest BCUT2D eigenvalue weighted by atomic mass is 10.2. The Bertz CT molecular complexity index is 1530. The molecular formula is C24H19N5O3. The first-order valence-corrected chi connectivity index (χ1v) is 10.5. The van der Waals surface area contributed by atoms with Crippen LogP contribution in [0.1, 0.15) is 24.5 Å². The van der Waals surface area contributed by atoms with E-state index in [0.29, 0.717) is 22.8 Å². The SMILES string of the molecule is O=C(Cn1cnc2c(oc3ccccc32)c1=O)Nc1cc(C2CC2)nn1-c1ccccc1. The van der Waals surface area contributed by atoms with Crippen LogP contribution in [0.4, 0.5) is 5.82 Å². The zero-order chi connectivity index (χ0) is 21.7. The zero-order valence-electron chi connectivity index (χ0n) is 17.1. The minimum atomic E-state index is -0.392. The highest BCUT2D eigenvalue weighted by atomic mass is 16.3. The molecule has 0 unspecified atom stereocenters. The van der Waals surface area contributed by atoms with E-state index < -0.39 is 5.56 Å². The summed E-state index contributed by atoms with van der Waals surface area (Å²) in [4.78, 5) is 30.1. The molecule has 1 aliphatic rings. The molecule has 8 nitrogen and oxygen atoms in total. The van der Waals surface area contributed by atoms with Gasteiger partial charge in [-0.05, 0) is 37.1 Å². The number of carbonyl (C=O) groups excluding carboxylic acids is 1. The van der Waals surface area contributed by atoms with E-state index in [-0.39, 0.29) is 18.0 Å². The Labute approximate surface area is 182 Å². The average Bonchev–Trinajstić information content (AvgIpc) is 3.47. The predicted molar refractivity (Wildman–Crippen MR) is 120 cm³/mol. The van der Waals surface area contributed by atoms with Gasteiger partial charge in [-0.15, -0.1) is 0 Å². The number of nitrogens with one attached hydrogen (secondary N) is 1. The molecule has 0 bridgehead atoms. The van der Waals surface area contributed by atoms with Gasteiger partial charge >= 0.3 is 0 Å². The van der Waals surface area contributed by atoms with Crippen LogP contribution in [0.25, 0.3) is 27.8 Å². The third-order valence-corrected chi connectivity index (χ3v) is 5.66. The van der Waals surface area contributed by atoms with E-state index >= 15 is 0 Å². The standard InChI is InChI=1S/C24H19N5O3/c30-21(13-28-14-25-22-17-8-4-5-9-19(17)32-23(22)24(28)31)26-20-12-18(15-10-11-15)27-29(20)16-6-2-1-3-7-16/h1-9,12,14-15H,10-11,13H2,(H,26,30). The highest BCUT2D eigenvalue weighted by Gasteiger charge is 2.28. The number of furan rings is 1. The van der Waals surface area contributed by atoms with Gasteiger partial charge in [0.05, 0.1) is 17.7 Å². The van der Waals surface area contributed by atoms with Gasteiger partial charge in [0.15, 0.2) is 0 Å². The monoisotopic (exact) mass is 425 g/mol. The number of carbonyl (C=O) groups is 1. The Kier molecular flexibility index (Phi) is 4.17. The van der Waals surface area contributed by atoms with Crippen LogP contribution in [0.5, 0.6) is 0 Å². The van der Waals surface area contributed by atoms with Crippen molar-refractivity contribution < 1.29 is 9.21 Å². The first kappa shape index (κ1) is 18.6. The summed E-state index contributed by atoms with van der Waals surface area (Å²) in [5.41, 5.74) is 2.67. The molecule has 2 aromatic carbocycles. The molecule has 1 amide bonds. The Balaban J connectivity index is 1.30. The van der Waals surface area contributed by atoms with Gasteiger partial charge in [0.1, 0.15) is 23.5 Å². The largest absolute Gasteiger partial charge is 0.448 e. The van der Waals surface area contributed by atoms with Gasteiger partial charge in [0, 0.05) is 17.4 Å². The van der Waals surface area contributed by atoms with Gasteiger partial charge in [-0.3, -0.25) is 14.2 Å². The molecule has 1 saturated carbocycles. The summed E-state index contributed by atoms with van der Waals surface area (Å²) in [6.45, 7) is -0.183. The molecular weight excluding hydrogens is 406 g/mol. The average molecular weight is 425 g/mol. The number of amides is 1. The van der Waals surface area contributed by atoms with Crippen molar-refractivity contribution in [3.8, 4) is 5.69 Å². The molecule has 0 spiro atoms. The second-order valence-electron chi connectivity index (χ2n) is 7.98.